The minimum Gasteiger partial charge on any atom is -0.489 e. The van der Waals surface area contributed by atoms with Crippen LogP contribution >= 0.6 is 0 Å². The summed E-state index contributed by atoms with van der Waals surface area (Å²) in [5, 5.41) is 8.77. The van der Waals surface area contributed by atoms with Crippen molar-refractivity contribution in [3.8, 4) is 5.75 Å². The number of nitrogens with two attached hydrogens (primary N) is 1. The lowest BCUT2D eigenvalue weighted by molar-refractivity contribution is 0.275. The summed E-state index contributed by atoms with van der Waals surface area (Å²) in [6.45, 7) is 8.22. The number of aryl methyl sites for hydroxylation is 1. The summed E-state index contributed by atoms with van der Waals surface area (Å²) in [6.07, 6.45) is 3.16. The van der Waals surface area contributed by atoms with Crippen molar-refractivity contribution < 1.29 is 4.74 Å². The van der Waals surface area contributed by atoms with E-state index in [1.807, 2.05) is 24.3 Å². The van der Waals surface area contributed by atoms with Crippen LogP contribution < -0.4 is 15.4 Å². The third-order valence-electron chi connectivity index (χ3n) is 5.60. The van der Waals surface area contributed by atoms with Gasteiger partial charge < -0.3 is 20.3 Å². The second-order valence-corrected chi connectivity index (χ2v) is 8.06. The van der Waals surface area contributed by atoms with Gasteiger partial charge in [0.2, 0.25) is 0 Å². The number of nitrogens with one attached hydrogen (secondary N) is 1. The van der Waals surface area contributed by atoms with Gasteiger partial charge in [-0.3, -0.25) is 5.41 Å². The fraction of sp³-hybridized carbons (Fsp3) is 0.458. The first-order chi connectivity index (χ1) is 14.1. The molecule has 156 valence electrons. The maximum Gasteiger partial charge on any atom is 0.198 e. The Hall–Kier alpha value is -2.53. The van der Waals surface area contributed by atoms with E-state index in [0.717, 1.165) is 61.8 Å². The Kier molecular flexibility index (Phi) is 7.53. The van der Waals surface area contributed by atoms with Gasteiger partial charge in [0.05, 0.1) is 0 Å². The van der Waals surface area contributed by atoms with Crippen molar-refractivity contribution in [2.45, 2.75) is 39.7 Å². The largest absolute Gasteiger partial charge is 0.489 e. The molecule has 1 fully saturated rings. The number of guanidine groups is 1. The number of rotatable bonds is 7. The summed E-state index contributed by atoms with van der Waals surface area (Å²) in [4.78, 5) is 4.27. The Labute approximate surface area is 175 Å². The van der Waals surface area contributed by atoms with E-state index in [4.69, 9.17) is 15.9 Å². The van der Waals surface area contributed by atoms with Gasteiger partial charge in [-0.2, -0.15) is 0 Å². The van der Waals surface area contributed by atoms with E-state index in [1.54, 1.807) is 0 Å². The smallest absolute Gasteiger partial charge is 0.198 e. The number of hydrogen-bond donors (Lipinski definition) is 2. The van der Waals surface area contributed by atoms with Gasteiger partial charge in [-0.15, -0.1) is 0 Å². The summed E-state index contributed by atoms with van der Waals surface area (Å²) >= 11 is 0. The molecule has 0 aliphatic carbocycles. The maximum absolute atomic E-state index is 8.77. The highest BCUT2D eigenvalue weighted by Gasteiger charge is 2.22. The Morgan fingerprint density at radius 1 is 1.10 bits per heavy atom. The van der Waals surface area contributed by atoms with E-state index in [0.29, 0.717) is 19.1 Å². The molecule has 1 aliphatic heterocycles. The van der Waals surface area contributed by atoms with Crippen LogP contribution in [0.1, 0.15) is 37.3 Å². The second kappa shape index (κ2) is 10.3. The van der Waals surface area contributed by atoms with Crippen molar-refractivity contribution >= 4 is 11.6 Å². The van der Waals surface area contributed by atoms with Crippen molar-refractivity contribution in [2.75, 3.05) is 31.1 Å². The summed E-state index contributed by atoms with van der Waals surface area (Å²) in [7, 11) is 0. The Bertz CT molecular complexity index is 764. The number of nitrogens with zero attached hydrogens (tertiary/aromatic N) is 2. The third-order valence-corrected chi connectivity index (χ3v) is 5.60. The molecule has 0 spiro atoms. The van der Waals surface area contributed by atoms with Crippen LogP contribution in [0, 0.1) is 18.3 Å². The third kappa shape index (κ3) is 5.97. The zero-order valence-corrected chi connectivity index (χ0v) is 17.7. The van der Waals surface area contributed by atoms with Gasteiger partial charge in [-0.1, -0.05) is 36.8 Å². The number of likely N-dealkylation sites (tertiary alicyclic amines) is 1. The molecular formula is C24H34N4O. The number of ether oxygens (including phenoxy) is 1. The highest BCUT2D eigenvalue weighted by Crippen LogP contribution is 2.23. The number of hydrogen-bond acceptors (Lipinski definition) is 3. The monoisotopic (exact) mass is 394 g/mol. The zero-order valence-electron chi connectivity index (χ0n) is 17.7. The van der Waals surface area contributed by atoms with Crippen molar-refractivity contribution in [3.05, 3.63) is 59.7 Å². The lowest BCUT2D eigenvalue weighted by Gasteiger charge is -2.37. The Morgan fingerprint density at radius 2 is 1.76 bits per heavy atom. The van der Waals surface area contributed by atoms with E-state index in [2.05, 4.69) is 47.9 Å². The fourth-order valence-electron chi connectivity index (χ4n) is 3.57. The highest BCUT2D eigenvalue weighted by molar-refractivity contribution is 5.93. The molecule has 3 rings (SSSR count). The van der Waals surface area contributed by atoms with Gasteiger partial charge in [0.25, 0.3) is 0 Å². The summed E-state index contributed by atoms with van der Waals surface area (Å²) in [6, 6.07) is 16.5. The van der Waals surface area contributed by atoms with E-state index in [1.165, 1.54) is 5.56 Å². The van der Waals surface area contributed by atoms with Crippen molar-refractivity contribution in [1.82, 2.24) is 4.90 Å². The van der Waals surface area contributed by atoms with Crippen LogP contribution in [-0.4, -0.2) is 37.0 Å². The van der Waals surface area contributed by atoms with Crippen LogP contribution in [0.2, 0.25) is 0 Å². The fourth-order valence-corrected chi connectivity index (χ4v) is 3.57. The van der Waals surface area contributed by atoms with Gasteiger partial charge in [-0.05, 0) is 68.5 Å². The first-order valence-electron chi connectivity index (χ1n) is 10.7. The molecule has 0 radical (unpaired) electrons. The minimum absolute atomic E-state index is 0.554. The van der Waals surface area contributed by atoms with Crippen LogP contribution in [0.25, 0.3) is 0 Å². The molecule has 0 bridgehead atoms. The van der Waals surface area contributed by atoms with E-state index >= 15 is 0 Å². The quantitative estimate of drug-likeness (QED) is 0.540. The molecule has 0 amide bonds. The maximum atomic E-state index is 8.77. The average molecular weight is 395 g/mol. The molecule has 2 aromatic carbocycles. The molecule has 3 N–H and O–H groups in total. The molecule has 0 aromatic heterocycles. The van der Waals surface area contributed by atoms with Crippen LogP contribution in [0.3, 0.4) is 0 Å². The lowest BCUT2D eigenvalue weighted by atomic mass is 9.99. The standard InChI is InChI=1S/C24H34N4O/c1-19-4-6-21(7-5-19)18-29-23-10-8-22(9-11-23)28(15-3-14-25)24(26)27-16-12-20(2)13-17-27/h4-11,20,26H,3,12-18,25H2,1-2H3. The number of piperidine rings is 1. The van der Waals surface area contributed by atoms with E-state index < -0.39 is 0 Å². The highest BCUT2D eigenvalue weighted by atomic mass is 16.5. The summed E-state index contributed by atoms with van der Waals surface area (Å²) < 4.78 is 5.93. The van der Waals surface area contributed by atoms with Gasteiger partial charge in [0.1, 0.15) is 12.4 Å². The molecule has 0 saturated carbocycles. The van der Waals surface area contributed by atoms with E-state index in [9.17, 15) is 0 Å². The van der Waals surface area contributed by atoms with Crippen LogP contribution in [0.5, 0.6) is 5.75 Å². The molecule has 1 heterocycles. The Morgan fingerprint density at radius 3 is 2.38 bits per heavy atom. The second-order valence-electron chi connectivity index (χ2n) is 8.06. The number of benzene rings is 2. The average Bonchev–Trinajstić information content (AvgIpc) is 2.75. The van der Waals surface area contributed by atoms with Crippen molar-refractivity contribution in [2.24, 2.45) is 11.7 Å². The van der Waals surface area contributed by atoms with E-state index in [-0.39, 0.29) is 0 Å². The SMILES string of the molecule is Cc1ccc(COc2ccc(N(CCCN)C(=N)N3CCC(C)CC3)cc2)cc1. The van der Waals surface area contributed by atoms with Gasteiger partial charge in [0, 0.05) is 25.3 Å². The first-order valence-corrected chi connectivity index (χ1v) is 10.7. The Balaban J connectivity index is 1.64. The van der Waals surface area contributed by atoms with Crippen LogP contribution in [0.4, 0.5) is 5.69 Å². The molecule has 0 unspecified atom stereocenters. The lowest BCUT2D eigenvalue weighted by Crippen LogP contribution is -2.47. The predicted molar refractivity (Wildman–Crippen MR) is 121 cm³/mol. The molecule has 1 aliphatic rings. The summed E-state index contributed by atoms with van der Waals surface area (Å²) in [5.41, 5.74) is 9.18. The molecule has 5 nitrogen and oxygen atoms in total. The van der Waals surface area contributed by atoms with Crippen LogP contribution in [0.15, 0.2) is 48.5 Å². The minimum atomic E-state index is 0.554. The van der Waals surface area contributed by atoms with Crippen molar-refractivity contribution in [1.29, 1.82) is 5.41 Å². The predicted octanol–water partition coefficient (Wildman–Crippen LogP) is 4.40. The first kappa shape index (κ1) is 21.2. The molecule has 5 heteroatoms. The van der Waals surface area contributed by atoms with Crippen LogP contribution in [-0.2, 0) is 6.61 Å². The normalized spacial score (nSPS) is 14.7. The van der Waals surface area contributed by atoms with Gasteiger partial charge in [-0.25, -0.2) is 0 Å². The molecule has 2 aromatic rings. The summed E-state index contributed by atoms with van der Waals surface area (Å²) in [5.74, 6) is 2.17. The molecule has 29 heavy (non-hydrogen) atoms. The van der Waals surface area contributed by atoms with Gasteiger partial charge >= 0.3 is 0 Å². The van der Waals surface area contributed by atoms with Crippen molar-refractivity contribution in [3.63, 3.8) is 0 Å². The number of anilines is 1. The van der Waals surface area contributed by atoms with Gasteiger partial charge in [0.15, 0.2) is 5.96 Å². The zero-order chi connectivity index (χ0) is 20.6. The topological polar surface area (TPSA) is 65.6 Å². The molecule has 1 saturated heterocycles. The molecule has 0 atom stereocenters. The molecular weight excluding hydrogens is 360 g/mol.